The van der Waals surface area contributed by atoms with Crippen LogP contribution in [-0.2, 0) is 17.7 Å². The molecule has 3 rings (SSSR count). The molecule has 8 heteroatoms. The number of fused-ring (bicyclic) bond motifs is 1. The van der Waals surface area contributed by atoms with E-state index in [0.29, 0.717) is 42.7 Å². The van der Waals surface area contributed by atoms with Gasteiger partial charge in [-0.25, -0.2) is 9.97 Å². The van der Waals surface area contributed by atoms with Crippen LogP contribution in [0.5, 0.6) is 11.5 Å². The van der Waals surface area contributed by atoms with Crippen LogP contribution in [0.2, 0.25) is 0 Å². The SMILES string of the molecule is COCCCNc1ncc(C(=O)N2CCc3cc(OC)c(OC)cc3C2)cn1. The van der Waals surface area contributed by atoms with E-state index < -0.39 is 0 Å². The topological polar surface area (TPSA) is 85.8 Å². The molecule has 0 atom stereocenters. The maximum atomic E-state index is 12.9. The van der Waals surface area contributed by atoms with Gasteiger partial charge in [-0.05, 0) is 36.1 Å². The Hall–Kier alpha value is -2.87. The summed E-state index contributed by atoms with van der Waals surface area (Å²) in [6.45, 7) is 2.55. The number of aromatic nitrogens is 2. The number of nitrogens with zero attached hydrogens (tertiary/aromatic N) is 3. The summed E-state index contributed by atoms with van der Waals surface area (Å²) >= 11 is 0. The molecule has 0 saturated carbocycles. The van der Waals surface area contributed by atoms with E-state index in [9.17, 15) is 4.79 Å². The average molecular weight is 386 g/mol. The van der Waals surface area contributed by atoms with Gasteiger partial charge in [0.05, 0.1) is 19.8 Å². The number of rotatable bonds is 8. The molecule has 0 unspecified atom stereocenters. The van der Waals surface area contributed by atoms with Gasteiger partial charge in [0, 0.05) is 45.7 Å². The Balaban J connectivity index is 1.65. The summed E-state index contributed by atoms with van der Waals surface area (Å²) in [4.78, 5) is 23.1. The van der Waals surface area contributed by atoms with Crippen molar-refractivity contribution in [2.24, 2.45) is 0 Å². The monoisotopic (exact) mass is 386 g/mol. The van der Waals surface area contributed by atoms with Crippen molar-refractivity contribution in [3.63, 3.8) is 0 Å². The lowest BCUT2D eigenvalue weighted by molar-refractivity contribution is 0.0733. The molecular weight excluding hydrogens is 360 g/mol. The summed E-state index contributed by atoms with van der Waals surface area (Å²) in [6, 6.07) is 3.93. The molecule has 0 fully saturated rings. The summed E-state index contributed by atoms with van der Waals surface area (Å²) in [5.74, 6) is 1.81. The molecule has 1 N–H and O–H groups in total. The van der Waals surface area contributed by atoms with Gasteiger partial charge in [-0.15, -0.1) is 0 Å². The van der Waals surface area contributed by atoms with Gasteiger partial charge < -0.3 is 24.4 Å². The zero-order valence-corrected chi connectivity index (χ0v) is 16.5. The fourth-order valence-electron chi connectivity index (χ4n) is 3.19. The Bertz CT molecular complexity index is 811. The molecule has 150 valence electrons. The molecule has 0 spiro atoms. The molecule has 8 nitrogen and oxygen atoms in total. The second-order valence-corrected chi connectivity index (χ2v) is 6.52. The Labute approximate surface area is 164 Å². The van der Waals surface area contributed by atoms with Crippen molar-refractivity contribution in [1.29, 1.82) is 0 Å². The average Bonchev–Trinajstić information content (AvgIpc) is 2.75. The van der Waals surface area contributed by atoms with Gasteiger partial charge >= 0.3 is 0 Å². The predicted octanol–water partition coefficient (Wildman–Crippen LogP) is 2.14. The molecule has 1 aromatic carbocycles. The lowest BCUT2D eigenvalue weighted by Crippen LogP contribution is -2.36. The normalized spacial score (nSPS) is 13.0. The fourth-order valence-corrected chi connectivity index (χ4v) is 3.19. The standard InChI is InChI=1S/C20H26N4O4/c1-26-8-4-6-21-20-22-11-16(12-23-20)19(25)24-7-5-14-9-17(27-2)18(28-3)10-15(14)13-24/h9-12H,4-8,13H2,1-3H3,(H,21,22,23). The van der Waals surface area contributed by atoms with Gasteiger partial charge in [0.25, 0.3) is 5.91 Å². The Kier molecular flexibility index (Phi) is 6.65. The highest BCUT2D eigenvalue weighted by Crippen LogP contribution is 2.33. The number of hydrogen-bond donors (Lipinski definition) is 1. The minimum Gasteiger partial charge on any atom is -0.493 e. The molecule has 0 bridgehead atoms. The van der Waals surface area contributed by atoms with Crippen molar-refractivity contribution >= 4 is 11.9 Å². The number of carbonyl (C=O) groups is 1. The van der Waals surface area contributed by atoms with Crippen molar-refractivity contribution in [3.05, 3.63) is 41.2 Å². The largest absolute Gasteiger partial charge is 0.493 e. The zero-order chi connectivity index (χ0) is 19.9. The molecule has 1 aliphatic rings. The van der Waals surface area contributed by atoms with E-state index in [2.05, 4.69) is 15.3 Å². The van der Waals surface area contributed by atoms with Gasteiger partial charge in [0.1, 0.15) is 0 Å². The first kappa shape index (κ1) is 19.9. The summed E-state index contributed by atoms with van der Waals surface area (Å²) < 4.78 is 15.7. The minimum atomic E-state index is -0.0774. The van der Waals surface area contributed by atoms with E-state index in [1.807, 2.05) is 12.1 Å². The maximum Gasteiger partial charge on any atom is 0.257 e. The van der Waals surface area contributed by atoms with Gasteiger partial charge in [-0.2, -0.15) is 0 Å². The van der Waals surface area contributed by atoms with Crippen molar-refractivity contribution in [3.8, 4) is 11.5 Å². The molecule has 0 aliphatic carbocycles. The molecule has 2 aromatic rings. The summed E-state index contributed by atoms with van der Waals surface area (Å²) in [5.41, 5.74) is 2.72. The molecule has 0 saturated heterocycles. The van der Waals surface area contributed by atoms with E-state index in [-0.39, 0.29) is 5.91 Å². The smallest absolute Gasteiger partial charge is 0.257 e. The third-order valence-corrected chi connectivity index (χ3v) is 4.71. The van der Waals surface area contributed by atoms with Crippen LogP contribution in [-0.4, -0.2) is 61.8 Å². The van der Waals surface area contributed by atoms with Crippen molar-refractivity contribution in [2.75, 3.05) is 46.3 Å². The van der Waals surface area contributed by atoms with Crippen molar-refractivity contribution in [1.82, 2.24) is 14.9 Å². The van der Waals surface area contributed by atoms with Crippen LogP contribution in [0.4, 0.5) is 5.95 Å². The number of anilines is 1. The first-order valence-corrected chi connectivity index (χ1v) is 9.24. The first-order valence-electron chi connectivity index (χ1n) is 9.24. The number of methoxy groups -OCH3 is 3. The van der Waals surface area contributed by atoms with Crippen LogP contribution in [0.15, 0.2) is 24.5 Å². The van der Waals surface area contributed by atoms with Crippen LogP contribution in [0.25, 0.3) is 0 Å². The Morgan fingerprint density at radius 2 is 1.79 bits per heavy atom. The van der Waals surface area contributed by atoms with Gasteiger partial charge in [0.15, 0.2) is 11.5 Å². The van der Waals surface area contributed by atoms with E-state index in [1.165, 1.54) is 5.56 Å². The Morgan fingerprint density at radius 3 is 2.43 bits per heavy atom. The van der Waals surface area contributed by atoms with Crippen molar-refractivity contribution < 1.29 is 19.0 Å². The van der Waals surface area contributed by atoms with Gasteiger partial charge in [0.2, 0.25) is 5.95 Å². The minimum absolute atomic E-state index is 0.0774. The van der Waals surface area contributed by atoms with Crippen molar-refractivity contribution in [2.45, 2.75) is 19.4 Å². The van der Waals surface area contributed by atoms with Gasteiger partial charge in [-0.1, -0.05) is 0 Å². The highest BCUT2D eigenvalue weighted by Gasteiger charge is 2.24. The quantitative estimate of drug-likeness (QED) is 0.696. The highest BCUT2D eigenvalue weighted by molar-refractivity contribution is 5.93. The number of nitrogens with one attached hydrogen (secondary N) is 1. The summed E-state index contributed by atoms with van der Waals surface area (Å²) in [6.07, 6.45) is 4.76. The summed E-state index contributed by atoms with van der Waals surface area (Å²) in [7, 11) is 4.90. The van der Waals surface area contributed by atoms with Crippen LogP contribution in [0.3, 0.4) is 0 Å². The molecular formula is C20H26N4O4. The zero-order valence-electron chi connectivity index (χ0n) is 16.5. The third kappa shape index (κ3) is 4.51. The molecule has 0 radical (unpaired) electrons. The van der Waals surface area contributed by atoms with E-state index in [4.69, 9.17) is 14.2 Å². The molecule has 1 aliphatic heterocycles. The van der Waals surface area contributed by atoms with E-state index >= 15 is 0 Å². The maximum absolute atomic E-state index is 12.9. The highest BCUT2D eigenvalue weighted by atomic mass is 16.5. The molecule has 28 heavy (non-hydrogen) atoms. The number of carbonyl (C=O) groups excluding carboxylic acids is 1. The van der Waals surface area contributed by atoms with Crippen LogP contribution in [0.1, 0.15) is 27.9 Å². The third-order valence-electron chi connectivity index (χ3n) is 4.71. The van der Waals surface area contributed by atoms with Crippen LogP contribution < -0.4 is 14.8 Å². The van der Waals surface area contributed by atoms with Gasteiger partial charge in [-0.3, -0.25) is 4.79 Å². The molecule has 2 heterocycles. The second kappa shape index (κ2) is 9.36. The fraction of sp³-hybridized carbons (Fsp3) is 0.450. The second-order valence-electron chi connectivity index (χ2n) is 6.52. The lowest BCUT2D eigenvalue weighted by Gasteiger charge is -2.29. The number of amides is 1. The van der Waals surface area contributed by atoms with E-state index in [0.717, 1.165) is 24.9 Å². The van der Waals surface area contributed by atoms with E-state index in [1.54, 1.807) is 38.6 Å². The molecule has 1 amide bonds. The van der Waals surface area contributed by atoms with Crippen LogP contribution >= 0.6 is 0 Å². The Morgan fingerprint density at radius 1 is 1.11 bits per heavy atom. The summed E-state index contributed by atoms with van der Waals surface area (Å²) in [5, 5.41) is 3.11. The number of ether oxygens (including phenoxy) is 3. The molecule has 1 aromatic heterocycles. The van der Waals surface area contributed by atoms with Crippen LogP contribution in [0, 0.1) is 0 Å². The number of benzene rings is 1. The predicted molar refractivity (Wildman–Crippen MR) is 105 cm³/mol. The number of hydrogen-bond acceptors (Lipinski definition) is 7. The first-order chi connectivity index (χ1) is 13.7. The lowest BCUT2D eigenvalue weighted by atomic mass is 9.98.